The maximum Gasteiger partial charge on any atom is 0.242 e. The molecule has 5 heteroatoms. The smallest absolute Gasteiger partial charge is 0.242 e. The van der Waals surface area contributed by atoms with Crippen molar-refractivity contribution in [3.63, 3.8) is 0 Å². The molecule has 0 bridgehead atoms. The SMILES string of the molecule is O=C1C[C@H](c2ccccc2)CN1CC(=O)N1CCCC2(CCOCC2)C1. The van der Waals surface area contributed by atoms with Crippen LogP contribution in [0.2, 0.25) is 0 Å². The van der Waals surface area contributed by atoms with Crippen molar-refractivity contribution in [2.24, 2.45) is 5.41 Å². The summed E-state index contributed by atoms with van der Waals surface area (Å²) in [6.45, 7) is 4.16. The Labute approximate surface area is 155 Å². The van der Waals surface area contributed by atoms with Crippen LogP contribution in [0.1, 0.15) is 43.6 Å². The van der Waals surface area contributed by atoms with Crippen molar-refractivity contribution in [1.29, 1.82) is 0 Å². The maximum absolute atomic E-state index is 12.9. The Hall–Kier alpha value is -1.88. The fourth-order valence-corrected chi connectivity index (χ4v) is 4.77. The van der Waals surface area contributed by atoms with Crippen LogP contribution in [0, 0.1) is 5.41 Å². The van der Waals surface area contributed by atoms with Gasteiger partial charge < -0.3 is 14.5 Å². The number of carbonyl (C=O) groups is 2. The number of piperidine rings is 1. The molecule has 3 fully saturated rings. The number of hydrogen-bond acceptors (Lipinski definition) is 3. The first kappa shape index (κ1) is 17.5. The fraction of sp³-hybridized carbons (Fsp3) is 0.619. The van der Waals surface area contributed by atoms with Crippen molar-refractivity contribution in [2.75, 3.05) is 39.4 Å². The summed E-state index contributed by atoms with van der Waals surface area (Å²) in [5, 5.41) is 0. The first-order chi connectivity index (χ1) is 12.7. The zero-order valence-electron chi connectivity index (χ0n) is 15.4. The second-order valence-electron chi connectivity index (χ2n) is 8.12. The van der Waals surface area contributed by atoms with Crippen LogP contribution in [-0.2, 0) is 14.3 Å². The zero-order valence-corrected chi connectivity index (χ0v) is 15.4. The maximum atomic E-state index is 12.9. The van der Waals surface area contributed by atoms with E-state index < -0.39 is 0 Å². The van der Waals surface area contributed by atoms with Gasteiger partial charge in [0, 0.05) is 45.2 Å². The molecular weight excluding hydrogens is 328 g/mol. The Balaban J connectivity index is 1.36. The van der Waals surface area contributed by atoms with Gasteiger partial charge in [0.05, 0.1) is 6.54 Å². The molecule has 26 heavy (non-hydrogen) atoms. The average Bonchev–Trinajstić information content (AvgIpc) is 3.04. The van der Waals surface area contributed by atoms with Crippen molar-refractivity contribution < 1.29 is 14.3 Å². The van der Waals surface area contributed by atoms with Gasteiger partial charge in [0.1, 0.15) is 0 Å². The predicted octanol–water partition coefficient (Wildman–Crippen LogP) is 2.42. The van der Waals surface area contributed by atoms with Crippen molar-refractivity contribution in [1.82, 2.24) is 9.80 Å². The lowest BCUT2D eigenvalue weighted by Crippen LogP contribution is -2.51. The van der Waals surface area contributed by atoms with Crippen LogP contribution in [0.4, 0.5) is 0 Å². The third kappa shape index (κ3) is 3.63. The van der Waals surface area contributed by atoms with Crippen LogP contribution in [0.15, 0.2) is 30.3 Å². The van der Waals surface area contributed by atoms with E-state index in [0.29, 0.717) is 13.0 Å². The molecule has 3 aliphatic heterocycles. The predicted molar refractivity (Wildman–Crippen MR) is 98.7 cm³/mol. The van der Waals surface area contributed by atoms with Crippen LogP contribution in [0.25, 0.3) is 0 Å². The molecule has 1 spiro atoms. The van der Waals surface area contributed by atoms with E-state index in [-0.39, 0.29) is 29.7 Å². The minimum Gasteiger partial charge on any atom is -0.381 e. The van der Waals surface area contributed by atoms with Crippen molar-refractivity contribution >= 4 is 11.8 Å². The molecule has 1 aromatic carbocycles. The molecule has 3 aliphatic rings. The lowest BCUT2D eigenvalue weighted by atomic mass is 9.74. The lowest BCUT2D eigenvalue weighted by Gasteiger charge is -2.45. The van der Waals surface area contributed by atoms with Gasteiger partial charge in [-0.3, -0.25) is 9.59 Å². The van der Waals surface area contributed by atoms with E-state index >= 15 is 0 Å². The van der Waals surface area contributed by atoms with Gasteiger partial charge in [0.2, 0.25) is 11.8 Å². The molecule has 140 valence electrons. The molecule has 5 nitrogen and oxygen atoms in total. The average molecular weight is 356 g/mol. The molecule has 1 aromatic rings. The quantitative estimate of drug-likeness (QED) is 0.836. The summed E-state index contributed by atoms with van der Waals surface area (Å²) in [6, 6.07) is 10.2. The normalized spacial score (nSPS) is 25.7. The summed E-state index contributed by atoms with van der Waals surface area (Å²) in [4.78, 5) is 29.0. The van der Waals surface area contributed by atoms with Crippen LogP contribution >= 0.6 is 0 Å². The Kier molecular flexibility index (Phi) is 4.98. The first-order valence-electron chi connectivity index (χ1n) is 9.83. The highest BCUT2D eigenvalue weighted by molar-refractivity contribution is 5.86. The Bertz CT molecular complexity index is 649. The molecule has 0 saturated carbocycles. The summed E-state index contributed by atoms with van der Waals surface area (Å²) in [5.74, 6) is 0.419. The number of hydrogen-bond donors (Lipinski definition) is 0. The molecule has 0 aliphatic carbocycles. The molecule has 1 atom stereocenters. The number of ether oxygens (including phenoxy) is 1. The first-order valence-corrected chi connectivity index (χ1v) is 9.83. The van der Waals surface area contributed by atoms with Crippen LogP contribution in [-0.4, -0.2) is 61.0 Å². The number of benzene rings is 1. The van der Waals surface area contributed by atoms with E-state index in [4.69, 9.17) is 4.74 Å². The number of amides is 2. The number of carbonyl (C=O) groups excluding carboxylic acids is 2. The second-order valence-corrected chi connectivity index (χ2v) is 8.12. The van der Waals surface area contributed by atoms with E-state index in [0.717, 1.165) is 45.6 Å². The third-order valence-electron chi connectivity index (χ3n) is 6.38. The van der Waals surface area contributed by atoms with Gasteiger partial charge in [-0.15, -0.1) is 0 Å². The van der Waals surface area contributed by atoms with Crippen molar-refractivity contribution in [3.05, 3.63) is 35.9 Å². The summed E-state index contributed by atoms with van der Waals surface area (Å²) in [6.07, 6.45) is 4.87. The monoisotopic (exact) mass is 356 g/mol. The van der Waals surface area contributed by atoms with E-state index in [2.05, 4.69) is 12.1 Å². The largest absolute Gasteiger partial charge is 0.381 e. The minimum atomic E-state index is 0.102. The van der Waals surface area contributed by atoms with Gasteiger partial charge in [-0.1, -0.05) is 30.3 Å². The van der Waals surface area contributed by atoms with E-state index in [1.54, 1.807) is 4.90 Å². The number of nitrogens with zero attached hydrogens (tertiary/aromatic N) is 2. The molecule has 2 amide bonds. The number of likely N-dealkylation sites (tertiary alicyclic amines) is 2. The van der Waals surface area contributed by atoms with E-state index in [1.165, 1.54) is 12.0 Å². The van der Waals surface area contributed by atoms with Gasteiger partial charge in [-0.2, -0.15) is 0 Å². The molecule has 3 heterocycles. The van der Waals surface area contributed by atoms with E-state index in [9.17, 15) is 9.59 Å². The van der Waals surface area contributed by atoms with Crippen LogP contribution in [0.3, 0.4) is 0 Å². The van der Waals surface area contributed by atoms with Crippen molar-refractivity contribution in [2.45, 2.75) is 38.0 Å². The van der Waals surface area contributed by atoms with Gasteiger partial charge in [0.15, 0.2) is 0 Å². The topological polar surface area (TPSA) is 49.9 Å². The third-order valence-corrected chi connectivity index (χ3v) is 6.38. The highest BCUT2D eigenvalue weighted by Gasteiger charge is 2.39. The van der Waals surface area contributed by atoms with Gasteiger partial charge in [0.25, 0.3) is 0 Å². The van der Waals surface area contributed by atoms with Crippen molar-refractivity contribution in [3.8, 4) is 0 Å². The molecule has 4 rings (SSSR count). The molecule has 0 aromatic heterocycles. The summed E-state index contributed by atoms with van der Waals surface area (Å²) in [7, 11) is 0. The summed E-state index contributed by atoms with van der Waals surface area (Å²) in [5.41, 5.74) is 1.43. The Morgan fingerprint density at radius 3 is 2.69 bits per heavy atom. The highest BCUT2D eigenvalue weighted by Crippen LogP contribution is 2.39. The standard InChI is InChI=1S/C21H28N2O3/c24-19-13-18(17-5-2-1-3-6-17)14-23(19)15-20(25)22-10-4-7-21(16-22)8-11-26-12-9-21/h1-3,5-6,18H,4,7-16H2/t18-/m0/s1. The fourth-order valence-electron chi connectivity index (χ4n) is 4.77. The Morgan fingerprint density at radius 1 is 1.15 bits per heavy atom. The second kappa shape index (κ2) is 7.39. The van der Waals surface area contributed by atoms with E-state index in [1.807, 2.05) is 23.1 Å². The minimum absolute atomic E-state index is 0.102. The molecule has 0 radical (unpaired) electrons. The molecule has 0 unspecified atom stereocenters. The van der Waals surface area contributed by atoms with Crippen LogP contribution in [0.5, 0.6) is 0 Å². The Morgan fingerprint density at radius 2 is 1.92 bits per heavy atom. The molecule has 0 N–H and O–H groups in total. The summed E-state index contributed by atoms with van der Waals surface area (Å²) < 4.78 is 5.51. The highest BCUT2D eigenvalue weighted by atomic mass is 16.5. The molecule has 3 saturated heterocycles. The summed E-state index contributed by atoms with van der Waals surface area (Å²) >= 11 is 0. The lowest BCUT2D eigenvalue weighted by molar-refractivity contribution is -0.142. The van der Waals surface area contributed by atoms with Crippen LogP contribution < -0.4 is 0 Å². The van der Waals surface area contributed by atoms with Gasteiger partial charge >= 0.3 is 0 Å². The van der Waals surface area contributed by atoms with Gasteiger partial charge in [-0.05, 0) is 36.7 Å². The zero-order chi connectivity index (χ0) is 18.0. The molecular formula is C21H28N2O3. The number of rotatable bonds is 3. The van der Waals surface area contributed by atoms with Gasteiger partial charge in [-0.25, -0.2) is 0 Å².